The van der Waals surface area contributed by atoms with Crippen LogP contribution in [0.5, 0.6) is 0 Å². The van der Waals surface area contributed by atoms with E-state index in [9.17, 15) is 0 Å². The summed E-state index contributed by atoms with van der Waals surface area (Å²) < 4.78 is 1.68. The van der Waals surface area contributed by atoms with Crippen molar-refractivity contribution in [3.8, 4) is 0 Å². The summed E-state index contributed by atoms with van der Waals surface area (Å²) in [7, 11) is 0. The third kappa shape index (κ3) is 1.89. The summed E-state index contributed by atoms with van der Waals surface area (Å²) in [4.78, 5) is 8.11. The first kappa shape index (κ1) is 11.8. The predicted octanol–water partition coefficient (Wildman–Crippen LogP) is 4.47. The number of benzene rings is 1. The van der Waals surface area contributed by atoms with Crippen molar-refractivity contribution in [1.29, 1.82) is 0 Å². The lowest BCUT2D eigenvalue weighted by Gasteiger charge is -2.29. The first-order chi connectivity index (χ1) is 9.24. The first-order valence-corrected chi connectivity index (χ1v) is 7.81. The van der Waals surface area contributed by atoms with Crippen LogP contribution in [0.1, 0.15) is 47.3 Å². The number of nitrogens with zero attached hydrogens (tertiary/aromatic N) is 1. The lowest BCUT2D eigenvalue weighted by molar-refractivity contribution is 0.650. The Labute approximate surface area is 125 Å². The van der Waals surface area contributed by atoms with Gasteiger partial charge in [-0.05, 0) is 46.3 Å². The van der Waals surface area contributed by atoms with Gasteiger partial charge in [0.05, 0.1) is 4.47 Å². The molecular weight excluding hydrogens is 320 g/mol. The third-order valence-corrected chi connectivity index (χ3v) is 5.44. The molecule has 2 aliphatic rings. The Morgan fingerprint density at radius 3 is 2.79 bits per heavy atom. The first-order valence-electron chi connectivity index (χ1n) is 6.61. The Balaban J connectivity index is 1.79. The molecule has 1 saturated carbocycles. The Morgan fingerprint density at radius 1 is 1.26 bits per heavy atom. The van der Waals surface area contributed by atoms with Gasteiger partial charge in [-0.1, -0.05) is 36.5 Å². The highest BCUT2D eigenvalue weighted by Crippen LogP contribution is 2.44. The molecule has 0 radical (unpaired) electrons. The maximum Gasteiger partial charge on any atom is 0.144 e. The molecule has 0 spiro atoms. The molecule has 2 nitrogen and oxygen atoms in total. The maximum atomic E-state index is 5.39. The van der Waals surface area contributed by atoms with Crippen molar-refractivity contribution in [3.63, 3.8) is 0 Å². The van der Waals surface area contributed by atoms with Crippen molar-refractivity contribution >= 4 is 28.1 Å². The Morgan fingerprint density at radius 2 is 2.05 bits per heavy atom. The fourth-order valence-electron chi connectivity index (χ4n) is 2.82. The lowest BCUT2D eigenvalue weighted by Crippen LogP contribution is -2.21. The number of aromatic nitrogens is 2. The average molecular weight is 333 g/mol. The Hall–Kier alpha value is -1.00. The molecule has 2 aliphatic carbocycles. The zero-order valence-electron chi connectivity index (χ0n) is 10.3. The predicted molar refractivity (Wildman–Crippen MR) is 81.1 cm³/mol. The Bertz CT molecular complexity index is 718. The summed E-state index contributed by atoms with van der Waals surface area (Å²) in [5, 5.41) is 0. The minimum atomic E-state index is 0.392. The van der Waals surface area contributed by atoms with Gasteiger partial charge < -0.3 is 4.98 Å². The van der Waals surface area contributed by atoms with Crippen molar-refractivity contribution < 1.29 is 0 Å². The molecule has 1 aromatic heterocycles. The van der Waals surface area contributed by atoms with Crippen LogP contribution in [0.2, 0.25) is 0 Å². The fraction of sp³-hybridized carbons (Fsp3) is 0.333. The van der Waals surface area contributed by atoms with Crippen LogP contribution in [-0.2, 0) is 6.42 Å². The number of rotatable bonds is 2. The number of fused-ring (bicyclic) bond motifs is 1. The van der Waals surface area contributed by atoms with Crippen molar-refractivity contribution in [3.05, 3.63) is 56.0 Å². The van der Waals surface area contributed by atoms with Gasteiger partial charge in [0.1, 0.15) is 10.5 Å². The van der Waals surface area contributed by atoms with Crippen LogP contribution in [0.4, 0.5) is 0 Å². The number of nitrogens with one attached hydrogen (secondary N) is 1. The highest BCUT2D eigenvalue weighted by Gasteiger charge is 2.32. The molecule has 0 aliphatic heterocycles. The topological polar surface area (TPSA) is 28.7 Å². The second-order valence-electron chi connectivity index (χ2n) is 5.38. The number of H-pyrrole nitrogens is 1. The van der Waals surface area contributed by atoms with Crippen LogP contribution in [0.25, 0.3) is 0 Å². The van der Waals surface area contributed by atoms with E-state index in [-0.39, 0.29) is 0 Å². The van der Waals surface area contributed by atoms with E-state index in [1.165, 1.54) is 29.7 Å². The van der Waals surface area contributed by atoms with Gasteiger partial charge in [-0.2, -0.15) is 0 Å². The standard InChI is InChI=1S/C15H13BrN2S/c16-12-13(8-5-6-8)17-14(18-15(12)19)11-7-9-3-1-2-4-10(9)11/h1-4,8,11H,5-7H2,(H,17,18,19). The van der Waals surface area contributed by atoms with E-state index in [4.69, 9.17) is 12.2 Å². The molecule has 1 heterocycles. The molecular formula is C15H13BrN2S. The zero-order chi connectivity index (χ0) is 13.0. The quantitative estimate of drug-likeness (QED) is 0.822. The molecule has 4 heteroatoms. The molecule has 96 valence electrons. The summed E-state index contributed by atoms with van der Waals surface area (Å²) in [6.07, 6.45) is 3.59. The number of halogens is 1. The van der Waals surface area contributed by atoms with Gasteiger partial charge in [0.2, 0.25) is 0 Å². The molecule has 1 unspecified atom stereocenters. The van der Waals surface area contributed by atoms with E-state index in [0.29, 0.717) is 16.5 Å². The van der Waals surface area contributed by atoms with Crippen LogP contribution >= 0.6 is 28.1 Å². The van der Waals surface area contributed by atoms with Crippen LogP contribution < -0.4 is 0 Å². The van der Waals surface area contributed by atoms with Crippen molar-refractivity contribution in [2.24, 2.45) is 0 Å². The molecule has 1 atom stereocenters. The molecule has 0 saturated heterocycles. The van der Waals surface area contributed by atoms with Crippen LogP contribution in [0, 0.1) is 4.64 Å². The molecule has 1 aromatic carbocycles. The number of hydrogen-bond acceptors (Lipinski definition) is 2. The second-order valence-corrected chi connectivity index (χ2v) is 6.56. The summed E-state index contributed by atoms with van der Waals surface area (Å²) in [6.45, 7) is 0. The van der Waals surface area contributed by atoms with Gasteiger partial charge in [-0.15, -0.1) is 0 Å². The van der Waals surface area contributed by atoms with E-state index >= 15 is 0 Å². The Kier molecular flexibility index (Phi) is 2.64. The highest BCUT2D eigenvalue weighted by molar-refractivity contribution is 9.10. The van der Waals surface area contributed by atoms with E-state index in [0.717, 1.165) is 16.7 Å². The average Bonchev–Trinajstić information content (AvgIpc) is 3.19. The normalized spacial score (nSPS) is 20.8. The molecule has 2 aromatic rings. The van der Waals surface area contributed by atoms with E-state index < -0.39 is 0 Å². The van der Waals surface area contributed by atoms with Crippen LogP contribution in [0.3, 0.4) is 0 Å². The summed E-state index contributed by atoms with van der Waals surface area (Å²) >= 11 is 8.96. The van der Waals surface area contributed by atoms with Gasteiger partial charge >= 0.3 is 0 Å². The minimum Gasteiger partial charge on any atom is -0.345 e. The van der Waals surface area contributed by atoms with Crippen LogP contribution in [-0.4, -0.2) is 9.97 Å². The second kappa shape index (κ2) is 4.25. The molecule has 0 bridgehead atoms. The largest absolute Gasteiger partial charge is 0.345 e. The number of hydrogen-bond donors (Lipinski definition) is 1. The van der Waals surface area contributed by atoms with E-state index in [2.05, 4.69) is 50.2 Å². The van der Waals surface area contributed by atoms with E-state index in [1.54, 1.807) is 0 Å². The monoisotopic (exact) mass is 332 g/mol. The highest BCUT2D eigenvalue weighted by atomic mass is 79.9. The van der Waals surface area contributed by atoms with Gasteiger partial charge in [-0.25, -0.2) is 4.98 Å². The zero-order valence-corrected chi connectivity index (χ0v) is 12.7. The van der Waals surface area contributed by atoms with Crippen LogP contribution in [0.15, 0.2) is 28.7 Å². The molecule has 19 heavy (non-hydrogen) atoms. The number of aromatic amines is 1. The van der Waals surface area contributed by atoms with E-state index in [1.807, 2.05) is 0 Å². The van der Waals surface area contributed by atoms with Crippen molar-refractivity contribution in [2.45, 2.75) is 31.1 Å². The maximum absolute atomic E-state index is 5.39. The van der Waals surface area contributed by atoms with Crippen molar-refractivity contribution in [2.75, 3.05) is 0 Å². The SMILES string of the molecule is S=c1nc(C2Cc3ccccc32)[nH]c(C2CC2)c1Br. The lowest BCUT2D eigenvalue weighted by atomic mass is 9.77. The van der Waals surface area contributed by atoms with Gasteiger partial charge in [0.25, 0.3) is 0 Å². The summed E-state index contributed by atoms with van der Waals surface area (Å²) in [5.74, 6) is 2.07. The molecule has 4 rings (SSSR count). The van der Waals surface area contributed by atoms with Gasteiger partial charge in [0, 0.05) is 17.5 Å². The summed E-state index contributed by atoms with van der Waals surface area (Å²) in [6, 6.07) is 8.59. The summed E-state index contributed by atoms with van der Waals surface area (Å²) in [5.41, 5.74) is 4.08. The van der Waals surface area contributed by atoms with Gasteiger partial charge in [0.15, 0.2) is 0 Å². The molecule has 0 amide bonds. The van der Waals surface area contributed by atoms with Crippen molar-refractivity contribution in [1.82, 2.24) is 9.97 Å². The smallest absolute Gasteiger partial charge is 0.144 e. The molecule has 1 N–H and O–H groups in total. The molecule has 1 fully saturated rings. The third-order valence-electron chi connectivity index (χ3n) is 4.08. The fourth-order valence-corrected chi connectivity index (χ4v) is 3.54. The minimum absolute atomic E-state index is 0.392. The van der Waals surface area contributed by atoms with Gasteiger partial charge in [-0.3, -0.25) is 0 Å².